The predicted molar refractivity (Wildman–Crippen MR) is 91.8 cm³/mol. The molecular weight excluding hydrogens is 272 g/mol. The molecule has 3 nitrogen and oxygen atoms in total. The second-order valence-electron chi connectivity index (χ2n) is 7.68. The van der Waals surface area contributed by atoms with Gasteiger partial charge < -0.3 is 10.6 Å². The fourth-order valence-corrected chi connectivity index (χ4v) is 3.26. The lowest BCUT2D eigenvalue weighted by Crippen LogP contribution is -2.38. The molecule has 1 heterocycles. The first-order chi connectivity index (χ1) is 10.3. The standard InChI is InChI=1S/C19H30N2O/c1-19(2,3)17-8-6-15(7-9-17)10-12-21-11-4-5-16(14-21)13-18(20)22/h6-9,16H,4-5,10-14H2,1-3H3,(H2,20,22)/t16-/m0/s1. The molecule has 1 amide bonds. The van der Waals surface area contributed by atoms with Crippen LogP contribution in [0.4, 0.5) is 0 Å². The van der Waals surface area contributed by atoms with Gasteiger partial charge in [-0.1, -0.05) is 45.0 Å². The van der Waals surface area contributed by atoms with E-state index < -0.39 is 0 Å². The quantitative estimate of drug-likeness (QED) is 0.908. The molecule has 1 aromatic carbocycles. The van der Waals surface area contributed by atoms with Crippen molar-refractivity contribution in [3.05, 3.63) is 35.4 Å². The van der Waals surface area contributed by atoms with E-state index in [0.29, 0.717) is 12.3 Å². The molecule has 0 aliphatic carbocycles. The Morgan fingerprint density at radius 1 is 1.27 bits per heavy atom. The van der Waals surface area contributed by atoms with E-state index >= 15 is 0 Å². The number of amides is 1. The van der Waals surface area contributed by atoms with Crippen molar-refractivity contribution >= 4 is 5.91 Å². The van der Waals surface area contributed by atoms with Gasteiger partial charge in [0, 0.05) is 19.5 Å². The Labute approximate surface area is 134 Å². The molecule has 1 atom stereocenters. The first-order valence-corrected chi connectivity index (χ1v) is 8.44. The number of benzene rings is 1. The highest BCUT2D eigenvalue weighted by molar-refractivity contribution is 5.74. The topological polar surface area (TPSA) is 46.3 Å². The third-order valence-electron chi connectivity index (χ3n) is 4.63. The molecule has 2 rings (SSSR count). The molecule has 0 unspecified atom stereocenters. The summed E-state index contributed by atoms with van der Waals surface area (Å²) >= 11 is 0. The first-order valence-electron chi connectivity index (χ1n) is 8.44. The van der Waals surface area contributed by atoms with E-state index in [-0.39, 0.29) is 11.3 Å². The van der Waals surface area contributed by atoms with Gasteiger partial charge in [0.1, 0.15) is 0 Å². The molecule has 0 spiro atoms. The Hall–Kier alpha value is -1.35. The van der Waals surface area contributed by atoms with Gasteiger partial charge in [-0.05, 0) is 48.3 Å². The molecule has 22 heavy (non-hydrogen) atoms. The lowest BCUT2D eigenvalue weighted by Gasteiger charge is -2.32. The summed E-state index contributed by atoms with van der Waals surface area (Å²) in [5.74, 6) is 0.291. The summed E-state index contributed by atoms with van der Waals surface area (Å²) in [6, 6.07) is 9.01. The van der Waals surface area contributed by atoms with Gasteiger partial charge in [-0.3, -0.25) is 4.79 Å². The molecule has 0 radical (unpaired) electrons. The number of nitrogens with zero attached hydrogens (tertiary/aromatic N) is 1. The van der Waals surface area contributed by atoms with Gasteiger partial charge in [-0.25, -0.2) is 0 Å². The van der Waals surface area contributed by atoms with E-state index in [9.17, 15) is 4.79 Å². The van der Waals surface area contributed by atoms with Crippen LogP contribution in [0.2, 0.25) is 0 Å². The van der Waals surface area contributed by atoms with Gasteiger partial charge in [0.05, 0.1) is 0 Å². The van der Waals surface area contributed by atoms with Crippen molar-refractivity contribution < 1.29 is 4.79 Å². The van der Waals surface area contributed by atoms with Crippen LogP contribution in [-0.4, -0.2) is 30.4 Å². The smallest absolute Gasteiger partial charge is 0.217 e. The minimum absolute atomic E-state index is 0.162. The summed E-state index contributed by atoms with van der Waals surface area (Å²) in [5.41, 5.74) is 8.32. The summed E-state index contributed by atoms with van der Waals surface area (Å²) in [4.78, 5) is 13.6. The van der Waals surface area contributed by atoms with Crippen LogP contribution in [-0.2, 0) is 16.6 Å². The summed E-state index contributed by atoms with van der Waals surface area (Å²) in [6.07, 6.45) is 3.94. The van der Waals surface area contributed by atoms with Crippen LogP contribution < -0.4 is 5.73 Å². The minimum atomic E-state index is -0.162. The van der Waals surface area contributed by atoms with Crippen LogP contribution in [0.25, 0.3) is 0 Å². The van der Waals surface area contributed by atoms with E-state index in [1.807, 2.05) is 0 Å². The molecule has 0 aromatic heterocycles. The Balaban J connectivity index is 1.83. The third-order valence-corrected chi connectivity index (χ3v) is 4.63. The monoisotopic (exact) mass is 302 g/mol. The Morgan fingerprint density at radius 2 is 1.95 bits per heavy atom. The first kappa shape index (κ1) is 17.0. The number of piperidine rings is 1. The van der Waals surface area contributed by atoms with Gasteiger partial charge in [0.15, 0.2) is 0 Å². The van der Waals surface area contributed by atoms with E-state index in [0.717, 1.165) is 32.5 Å². The van der Waals surface area contributed by atoms with Crippen LogP contribution in [0.1, 0.15) is 51.2 Å². The van der Waals surface area contributed by atoms with Crippen molar-refractivity contribution in [3.8, 4) is 0 Å². The lowest BCUT2D eigenvalue weighted by molar-refractivity contribution is -0.119. The number of carbonyl (C=O) groups is 1. The average molecular weight is 302 g/mol. The van der Waals surface area contributed by atoms with Crippen LogP contribution >= 0.6 is 0 Å². The van der Waals surface area contributed by atoms with Crippen LogP contribution in [0.5, 0.6) is 0 Å². The van der Waals surface area contributed by atoms with Gasteiger partial charge in [0.2, 0.25) is 5.91 Å². The number of carbonyl (C=O) groups excluding carboxylic acids is 1. The lowest BCUT2D eigenvalue weighted by atomic mass is 9.86. The number of rotatable bonds is 5. The predicted octanol–water partition coefficient (Wildman–Crippen LogP) is 3.11. The number of hydrogen-bond acceptors (Lipinski definition) is 2. The minimum Gasteiger partial charge on any atom is -0.370 e. The average Bonchev–Trinajstić information content (AvgIpc) is 2.44. The third kappa shape index (κ3) is 5.13. The molecule has 1 aliphatic heterocycles. The van der Waals surface area contributed by atoms with Crippen LogP contribution in [0, 0.1) is 5.92 Å². The summed E-state index contributed by atoms with van der Waals surface area (Å²) in [7, 11) is 0. The fourth-order valence-electron chi connectivity index (χ4n) is 3.26. The van der Waals surface area contributed by atoms with E-state index in [1.54, 1.807) is 0 Å². The number of nitrogens with two attached hydrogens (primary N) is 1. The highest BCUT2D eigenvalue weighted by atomic mass is 16.1. The zero-order chi connectivity index (χ0) is 16.2. The second-order valence-corrected chi connectivity index (χ2v) is 7.68. The van der Waals surface area contributed by atoms with Crippen molar-refractivity contribution in [2.45, 2.75) is 51.9 Å². The van der Waals surface area contributed by atoms with E-state index in [1.165, 1.54) is 17.5 Å². The highest BCUT2D eigenvalue weighted by Gasteiger charge is 2.21. The largest absolute Gasteiger partial charge is 0.370 e. The van der Waals surface area contributed by atoms with Crippen molar-refractivity contribution in [2.24, 2.45) is 11.7 Å². The SMILES string of the molecule is CC(C)(C)c1ccc(CCN2CCC[C@@H](CC(N)=O)C2)cc1. The summed E-state index contributed by atoms with van der Waals surface area (Å²) in [6.45, 7) is 9.97. The molecule has 0 bridgehead atoms. The maximum atomic E-state index is 11.1. The number of primary amides is 1. The zero-order valence-electron chi connectivity index (χ0n) is 14.3. The molecule has 122 valence electrons. The molecule has 1 fully saturated rings. The van der Waals surface area contributed by atoms with Gasteiger partial charge >= 0.3 is 0 Å². The van der Waals surface area contributed by atoms with Crippen molar-refractivity contribution in [1.82, 2.24) is 4.90 Å². The van der Waals surface area contributed by atoms with Crippen LogP contribution in [0.15, 0.2) is 24.3 Å². The Morgan fingerprint density at radius 3 is 2.55 bits per heavy atom. The zero-order valence-corrected chi connectivity index (χ0v) is 14.3. The van der Waals surface area contributed by atoms with Gasteiger partial charge in [0.25, 0.3) is 0 Å². The maximum absolute atomic E-state index is 11.1. The normalized spacial score (nSPS) is 20.0. The van der Waals surface area contributed by atoms with Crippen LogP contribution in [0.3, 0.4) is 0 Å². The molecule has 1 aliphatic rings. The summed E-state index contributed by atoms with van der Waals surface area (Å²) in [5, 5.41) is 0. The van der Waals surface area contributed by atoms with Crippen molar-refractivity contribution in [2.75, 3.05) is 19.6 Å². The second kappa shape index (κ2) is 7.28. The number of likely N-dealkylation sites (tertiary alicyclic amines) is 1. The maximum Gasteiger partial charge on any atom is 0.217 e. The van der Waals surface area contributed by atoms with E-state index in [4.69, 9.17) is 5.73 Å². The van der Waals surface area contributed by atoms with Gasteiger partial charge in [-0.2, -0.15) is 0 Å². The van der Waals surface area contributed by atoms with Crippen molar-refractivity contribution in [1.29, 1.82) is 0 Å². The summed E-state index contributed by atoms with van der Waals surface area (Å²) < 4.78 is 0. The highest BCUT2D eigenvalue weighted by Crippen LogP contribution is 2.23. The molecule has 3 heteroatoms. The van der Waals surface area contributed by atoms with E-state index in [2.05, 4.69) is 49.9 Å². The molecule has 2 N–H and O–H groups in total. The molecule has 1 saturated heterocycles. The fraction of sp³-hybridized carbons (Fsp3) is 0.632. The molecule has 0 saturated carbocycles. The number of hydrogen-bond donors (Lipinski definition) is 1. The molecular formula is C19H30N2O. The van der Waals surface area contributed by atoms with Crippen molar-refractivity contribution in [3.63, 3.8) is 0 Å². The Kier molecular flexibility index (Phi) is 5.63. The van der Waals surface area contributed by atoms with Gasteiger partial charge in [-0.15, -0.1) is 0 Å². The molecule has 1 aromatic rings. The Bertz CT molecular complexity index is 487.